The van der Waals surface area contributed by atoms with Gasteiger partial charge in [0.2, 0.25) is 0 Å². The van der Waals surface area contributed by atoms with Gasteiger partial charge in [-0.05, 0) is 54.8 Å². The molecule has 0 saturated carbocycles. The van der Waals surface area contributed by atoms with E-state index in [0.717, 1.165) is 16.7 Å². The summed E-state index contributed by atoms with van der Waals surface area (Å²) in [5.74, 6) is 0.118. The fourth-order valence-electron chi connectivity index (χ4n) is 3.77. The van der Waals surface area contributed by atoms with Gasteiger partial charge in [-0.3, -0.25) is 14.5 Å². The molecule has 0 radical (unpaired) electrons. The Hall–Kier alpha value is -3.11. The molecule has 3 aromatic carbocycles. The highest BCUT2D eigenvalue weighted by Crippen LogP contribution is 2.33. The maximum Gasteiger partial charge on any atom is 0.262 e. The van der Waals surface area contributed by atoms with E-state index in [0.29, 0.717) is 21.9 Å². The topological polar surface area (TPSA) is 46.6 Å². The van der Waals surface area contributed by atoms with E-state index in [1.165, 1.54) is 4.90 Å². The van der Waals surface area contributed by atoms with E-state index >= 15 is 0 Å². The molecule has 3 aromatic rings. The molecule has 1 aliphatic heterocycles. The summed E-state index contributed by atoms with van der Waals surface area (Å²) >= 11 is 6.12. The zero-order valence-electron chi connectivity index (χ0n) is 16.2. The van der Waals surface area contributed by atoms with Crippen molar-refractivity contribution in [3.8, 4) is 5.75 Å². The van der Waals surface area contributed by atoms with Gasteiger partial charge in [-0.25, -0.2) is 0 Å². The Labute approximate surface area is 174 Å². The fourth-order valence-corrected chi connectivity index (χ4v) is 4.10. The van der Waals surface area contributed by atoms with E-state index in [1.54, 1.807) is 24.3 Å². The maximum absolute atomic E-state index is 13.0. The molecule has 146 valence electrons. The van der Waals surface area contributed by atoms with Crippen LogP contribution in [0.4, 0.5) is 0 Å². The van der Waals surface area contributed by atoms with Crippen LogP contribution >= 0.6 is 11.6 Å². The Balaban J connectivity index is 1.69. The Morgan fingerprint density at radius 1 is 0.862 bits per heavy atom. The lowest BCUT2D eigenvalue weighted by atomic mass is 10.1. The number of amides is 2. The minimum Gasteiger partial charge on any atom is -0.491 e. The molecule has 2 amide bonds. The summed E-state index contributed by atoms with van der Waals surface area (Å²) in [6.07, 6.45) is 0. The van der Waals surface area contributed by atoms with Crippen molar-refractivity contribution >= 4 is 23.4 Å². The molecule has 0 aromatic heterocycles. The van der Waals surface area contributed by atoms with Gasteiger partial charge in [0.05, 0.1) is 17.2 Å². The number of imide groups is 1. The molecule has 0 fully saturated rings. The van der Waals surface area contributed by atoms with Gasteiger partial charge < -0.3 is 4.74 Å². The molecule has 0 unspecified atom stereocenters. The van der Waals surface area contributed by atoms with Gasteiger partial charge in [-0.2, -0.15) is 0 Å². The van der Waals surface area contributed by atoms with E-state index < -0.39 is 6.04 Å². The molecule has 4 rings (SSSR count). The molecule has 0 spiro atoms. The number of carbonyl (C=O) groups is 2. The zero-order valence-corrected chi connectivity index (χ0v) is 16.9. The first-order chi connectivity index (χ1) is 14.0. The van der Waals surface area contributed by atoms with Gasteiger partial charge in [-0.1, -0.05) is 54.1 Å². The maximum atomic E-state index is 13.0. The molecule has 1 atom stereocenters. The van der Waals surface area contributed by atoms with Crippen molar-refractivity contribution in [2.24, 2.45) is 0 Å². The molecule has 4 nitrogen and oxygen atoms in total. The van der Waals surface area contributed by atoms with Crippen molar-refractivity contribution in [2.75, 3.05) is 6.61 Å². The number of nitrogens with zero attached hydrogens (tertiary/aromatic N) is 1. The molecular formula is C24H20ClNO3. The summed E-state index contributed by atoms with van der Waals surface area (Å²) in [5, 5.41) is 0.646. The Kier molecular flexibility index (Phi) is 5.12. The number of carbonyl (C=O) groups excluding carboxylic acids is 2. The molecule has 29 heavy (non-hydrogen) atoms. The number of fused-ring (bicyclic) bond motifs is 1. The van der Waals surface area contributed by atoms with Crippen LogP contribution in [0, 0.1) is 13.8 Å². The lowest BCUT2D eigenvalue weighted by molar-refractivity contribution is 0.0529. The predicted molar refractivity (Wildman–Crippen MR) is 113 cm³/mol. The Morgan fingerprint density at radius 2 is 1.38 bits per heavy atom. The predicted octanol–water partition coefficient (Wildman–Crippen LogP) is 5.37. The van der Waals surface area contributed by atoms with Crippen LogP contribution in [0.1, 0.15) is 43.4 Å². The number of aryl methyl sites for hydroxylation is 2. The minimum absolute atomic E-state index is 0.152. The van der Waals surface area contributed by atoms with E-state index in [4.69, 9.17) is 16.3 Å². The third kappa shape index (κ3) is 3.52. The van der Waals surface area contributed by atoms with Crippen LogP contribution in [0.15, 0.2) is 66.7 Å². The largest absolute Gasteiger partial charge is 0.491 e. The van der Waals surface area contributed by atoms with Crippen molar-refractivity contribution in [1.29, 1.82) is 0 Å². The van der Waals surface area contributed by atoms with Crippen molar-refractivity contribution in [3.05, 3.63) is 99.6 Å². The van der Waals surface area contributed by atoms with E-state index in [-0.39, 0.29) is 18.4 Å². The normalized spacial score (nSPS) is 14.1. The molecule has 1 heterocycles. The van der Waals surface area contributed by atoms with Gasteiger partial charge in [0.15, 0.2) is 0 Å². The molecule has 1 aliphatic rings. The summed E-state index contributed by atoms with van der Waals surface area (Å²) in [5.41, 5.74) is 3.51. The average Bonchev–Trinajstić information content (AvgIpc) is 2.96. The molecule has 5 heteroatoms. The smallest absolute Gasteiger partial charge is 0.262 e. The molecule has 0 N–H and O–H groups in total. The SMILES string of the molecule is Cc1cc(Cl)cc(C)c1OC[C@@H](c1ccccc1)N1C(=O)c2ccccc2C1=O. The Bertz CT molecular complexity index is 1040. The van der Waals surface area contributed by atoms with Crippen LogP contribution in [0.2, 0.25) is 5.02 Å². The average molecular weight is 406 g/mol. The van der Waals surface area contributed by atoms with Crippen molar-refractivity contribution in [1.82, 2.24) is 4.90 Å². The lowest BCUT2D eigenvalue weighted by Crippen LogP contribution is -2.37. The van der Waals surface area contributed by atoms with Crippen LogP contribution in [0.3, 0.4) is 0 Å². The summed E-state index contributed by atoms with van der Waals surface area (Å²) in [6, 6.07) is 19.5. The fraction of sp³-hybridized carbons (Fsp3) is 0.167. The molecule has 0 aliphatic carbocycles. The number of rotatable bonds is 5. The second kappa shape index (κ2) is 7.72. The Morgan fingerprint density at radius 3 is 1.93 bits per heavy atom. The second-order valence-corrected chi connectivity index (χ2v) is 7.57. The summed E-state index contributed by atoms with van der Waals surface area (Å²) < 4.78 is 6.14. The first-order valence-electron chi connectivity index (χ1n) is 9.39. The quantitative estimate of drug-likeness (QED) is 0.536. The zero-order chi connectivity index (χ0) is 20.5. The number of hydrogen-bond donors (Lipinski definition) is 0. The second-order valence-electron chi connectivity index (χ2n) is 7.13. The van der Waals surface area contributed by atoms with Crippen LogP contribution in [0.25, 0.3) is 0 Å². The first-order valence-corrected chi connectivity index (χ1v) is 9.76. The number of halogens is 1. The van der Waals surface area contributed by atoms with Crippen LogP contribution in [0.5, 0.6) is 5.75 Å². The van der Waals surface area contributed by atoms with Gasteiger partial charge >= 0.3 is 0 Å². The van der Waals surface area contributed by atoms with Crippen molar-refractivity contribution in [3.63, 3.8) is 0 Å². The molecular weight excluding hydrogens is 386 g/mol. The number of hydrogen-bond acceptors (Lipinski definition) is 3. The minimum atomic E-state index is -0.543. The van der Waals surface area contributed by atoms with Crippen LogP contribution < -0.4 is 4.74 Å². The number of benzene rings is 3. The van der Waals surface area contributed by atoms with Gasteiger partial charge in [0, 0.05) is 5.02 Å². The third-order valence-electron chi connectivity index (χ3n) is 5.13. The third-order valence-corrected chi connectivity index (χ3v) is 5.35. The van der Waals surface area contributed by atoms with Crippen LogP contribution in [-0.2, 0) is 0 Å². The first kappa shape index (κ1) is 19.2. The number of ether oxygens (including phenoxy) is 1. The van der Waals surface area contributed by atoms with E-state index in [2.05, 4.69) is 0 Å². The van der Waals surface area contributed by atoms with Gasteiger partial charge in [-0.15, -0.1) is 0 Å². The summed E-state index contributed by atoms with van der Waals surface area (Å²) in [4.78, 5) is 27.4. The van der Waals surface area contributed by atoms with Crippen molar-refractivity contribution in [2.45, 2.75) is 19.9 Å². The van der Waals surface area contributed by atoms with Crippen LogP contribution in [-0.4, -0.2) is 23.3 Å². The molecule has 0 bridgehead atoms. The van der Waals surface area contributed by atoms with Gasteiger partial charge in [0.1, 0.15) is 12.4 Å². The summed E-state index contributed by atoms with van der Waals surface area (Å²) in [7, 11) is 0. The monoisotopic (exact) mass is 405 g/mol. The van der Waals surface area contributed by atoms with Gasteiger partial charge in [0.25, 0.3) is 11.8 Å². The van der Waals surface area contributed by atoms with E-state index in [9.17, 15) is 9.59 Å². The summed E-state index contributed by atoms with van der Waals surface area (Å²) in [6.45, 7) is 4.00. The lowest BCUT2D eigenvalue weighted by Gasteiger charge is -2.27. The molecule has 0 saturated heterocycles. The highest BCUT2D eigenvalue weighted by atomic mass is 35.5. The standard InChI is InChI=1S/C24H20ClNO3/c1-15-12-18(25)13-16(2)22(15)29-14-21(17-8-4-3-5-9-17)26-23(27)19-10-6-7-11-20(19)24(26)28/h3-13,21H,14H2,1-2H3/t21-/m0/s1. The highest BCUT2D eigenvalue weighted by Gasteiger charge is 2.40. The van der Waals surface area contributed by atoms with E-state index in [1.807, 2.05) is 56.3 Å². The van der Waals surface area contributed by atoms with Crippen molar-refractivity contribution < 1.29 is 14.3 Å². The highest BCUT2D eigenvalue weighted by molar-refractivity contribution is 6.30.